The van der Waals surface area contributed by atoms with Crippen LogP contribution in [-0.2, 0) is 38.0 Å². The van der Waals surface area contributed by atoms with Crippen molar-refractivity contribution < 1.29 is 47.9 Å². The number of ether oxygens (including phenoxy) is 6. The molecule has 0 spiro atoms. The van der Waals surface area contributed by atoms with Crippen LogP contribution in [0.4, 0.5) is 0 Å². The van der Waals surface area contributed by atoms with Crippen molar-refractivity contribution in [3.05, 3.63) is 59.7 Å². The highest BCUT2D eigenvalue weighted by Crippen LogP contribution is 2.34. The summed E-state index contributed by atoms with van der Waals surface area (Å²) < 4.78 is 33.4. The average molecular weight is 811 g/mol. The molecule has 0 saturated carbocycles. The number of hydrogen-bond acceptors (Lipinski definition) is 14. The number of aliphatic hydroxyl groups excluding tert-OH is 1. The summed E-state index contributed by atoms with van der Waals surface area (Å²) in [5.74, 6) is -1.84. The largest absolute Gasteiger partial charge is 0.469 e. The Hall–Kier alpha value is -3.95. The van der Waals surface area contributed by atoms with E-state index in [1.165, 1.54) is 26.9 Å². The average Bonchev–Trinajstić information content (AvgIpc) is 3.67. The smallest absolute Gasteiger partial charge is 0.305 e. The van der Waals surface area contributed by atoms with Crippen LogP contribution in [0.3, 0.4) is 0 Å². The van der Waals surface area contributed by atoms with Crippen LogP contribution in [0.2, 0.25) is 0 Å². The normalized spacial score (nSPS) is 21.5. The van der Waals surface area contributed by atoms with E-state index in [2.05, 4.69) is 38.5 Å². The van der Waals surface area contributed by atoms with Gasteiger partial charge in [-0.05, 0) is 66.2 Å². The van der Waals surface area contributed by atoms with Gasteiger partial charge in [-0.2, -0.15) is 0 Å². The maximum Gasteiger partial charge on any atom is 0.305 e. The molecule has 0 amide bonds. The number of rotatable bonds is 22. The third kappa shape index (κ3) is 16.7. The third-order valence-corrected chi connectivity index (χ3v) is 9.75. The lowest BCUT2D eigenvalue weighted by Crippen LogP contribution is -2.21. The summed E-state index contributed by atoms with van der Waals surface area (Å²) in [6.45, 7) is 11.7. The highest BCUT2D eigenvalue weighted by molar-refractivity contribution is 5.97. The van der Waals surface area contributed by atoms with Crippen molar-refractivity contribution in [2.75, 3.05) is 14.2 Å². The lowest BCUT2D eigenvalue weighted by molar-refractivity contribution is -0.145. The monoisotopic (exact) mass is 810 g/mol. The van der Waals surface area contributed by atoms with Crippen molar-refractivity contribution in [3.63, 3.8) is 0 Å². The predicted molar refractivity (Wildman–Crippen MR) is 219 cm³/mol. The van der Waals surface area contributed by atoms with Crippen molar-refractivity contribution in [1.82, 2.24) is 19.9 Å². The number of aromatic nitrogens is 4. The highest BCUT2D eigenvalue weighted by atomic mass is 16.8. The first-order chi connectivity index (χ1) is 27.7. The molecule has 2 aromatic rings. The summed E-state index contributed by atoms with van der Waals surface area (Å²) in [5, 5.41) is 10.5. The molecule has 322 valence electrons. The fourth-order valence-corrected chi connectivity index (χ4v) is 6.83. The molecule has 5 atom stereocenters. The van der Waals surface area contributed by atoms with Crippen molar-refractivity contribution in [2.24, 2.45) is 0 Å². The Kier molecular flexibility index (Phi) is 20.7. The predicted octanol–water partition coefficient (Wildman–Crippen LogP) is 8.08. The highest BCUT2D eigenvalue weighted by Gasteiger charge is 2.40. The third-order valence-electron chi connectivity index (χ3n) is 9.75. The molecule has 2 aromatic heterocycles. The van der Waals surface area contributed by atoms with Gasteiger partial charge in [0.15, 0.2) is 17.4 Å². The first-order valence-electron chi connectivity index (χ1n) is 20.7. The van der Waals surface area contributed by atoms with Crippen LogP contribution < -0.4 is 0 Å². The Morgan fingerprint density at radius 2 is 1.21 bits per heavy atom. The lowest BCUT2D eigenvalue weighted by atomic mass is 10.0. The Labute approximate surface area is 344 Å². The molecule has 4 rings (SSSR count). The first-order valence-corrected chi connectivity index (χ1v) is 20.7. The number of aliphatic hydroxyl groups is 1. The van der Waals surface area contributed by atoms with E-state index in [1.54, 1.807) is 12.4 Å². The summed E-state index contributed by atoms with van der Waals surface area (Å²) in [6.07, 6.45) is 22.9. The van der Waals surface area contributed by atoms with E-state index in [-0.39, 0.29) is 42.1 Å². The fraction of sp³-hybridized carbons (Fsp3) is 0.659. The molecular weight excluding hydrogens is 745 g/mol. The van der Waals surface area contributed by atoms with Crippen LogP contribution in [0.5, 0.6) is 0 Å². The van der Waals surface area contributed by atoms with Crippen molar-refractivity contribution in [2.45, 2.75) is 174 Å². The Morgan fingerprint density at radius 1 is 0.707 bits per heavy atom. The molecule has 14 nitrogen and oxygen atoms in total. The van der Waals surface area contributed by atoms with Gasteiger partial charge >= 0.3 is 11.9 Å². The second-order valence-electron chi connectivity index (χ2n) is 15.5. The molecule has 14 heteroatoms. The van der Waals surface area contributed by atoms with Gasteiger partial charge in [-0.3, -0.25) is 14.4 Å². The molecule has 4 heterocycles. The maximum absolute atomic E-state index is 12.5. The topological polar surface area (TPSA) is 178 Å². The standard InChI is InChI=1S/C22H34N2O5.C22H32N2O5/c2*1-5-6-7-9-17(25)21-16(14-23-15-24-21)12-13-19-18(28-22(2,3)29-19)10-8-11-20(26)27-4/h12-15,17-19,25H,5-11H2,1-4H3;12-15,18-19H,5-11H2,1-4H3/b2*13-12+/t17-,18+,19-;18-,19+/m10/s1. The molecule has 2 aliphatic rings. The van der Waals surface area contributed by atoms with E-state index in [9.17, 15) is 19.5 Å². The molecule has 0 unspecified atom stereocenters. The number of methoxy groups -OCH3 is 2. The Balaban J connectivity index is 0.000000310. The first kappa shape index (κ1) is 48.4. The van der Waals surface area contributed by atoms with Crippen LogP contribution in [0.1, 0.15) is 165 Å². The van der Waals surface area contributed by atoms with Gasteiger partial charge in [0.1, 0.15) is 30.6 Å². The van der Waals surface area contributed by atoms with Gasteiger partial charge < -0.3 is 33.5 Å². The Bertz CT molecular complexity index is 1630. The number of carbonyl (C=O) groups excluding carboxylic acids is 3. The number of nitrogens with zero attached hydrogens (tertiary/aromatic N) is 4. The van der Waals surface area contributed by atoms with E-state index in [4.69, 9.17) is 23.7 Å². The number of hydrogen-bond donors (Lipinski definition) is 1. The van der Waals surface area contributed by atoms with Gasteiger partial charge in [0.25, 0.3) is 0 Å². The molecular formula is C44H66N4O10. The maximum atomic E-state index is 12.5. The van der Waals surface area contributed by atoms with Gasteiger partial charge in [-0.1, -0.05) is 70.3 Å². The molecule has 0 aromatic carbocycles. The van der Waals surface area contributed by atoms with Gasteiger partial charge in [0.2, 0.25) is 0 Å². The summed E-state index contributed by atoms with van der Waals surface area (Å²) in [4.78, 5) is 51.9. The van der Waals surface area contributed by atoms with E-state index in [1.807, 2.05) is 52.0 Å². The minimum Gasteiger partial charge on any atom is -0.469 e. The quantitative estimate of drug-likeness (QED) is 0.0685. The van der Waals surface area contributed by atoms with E-state index < -0.39 is 17.7 Å². The van der Waals surface area contributed by atoms with Gasteiger partial charge in [0, 0.05) is 42.8 Å². The van der Waals surface area contributed by atoms with E-state index in [0.717, 1.165) is 44.1 Å². The van der Waals surface area contributed by atoms with Crippen LogP contribution >= 0.6 is 0 Å². The molecule has 2 saturated heterocycles. The van der Waals surface area contributed by atoms with Gasteiger partial charge in [-0.15, -0.1) is 0 Å². The zero-order valence-electron chi connectivity index (χ0n) is 35.8. The van der Waals surface area contributed by atoms with Crippen molar-refractivity contribution in [3.8, 4) is 0 Å². The van der Waals surface area contributed by atoms with Crippen molar-refractivity contribution >= 4 is 29.9 Å². The second-order valence-corrected chi connectivity index (χ2v) is 15.5. The zero-order valence-corrected chi connectivity index (χ0v) is 35.8. The number of unbranched alkanes of at least 4 members (excludes halogenated alkanes) is 4. The van der Waals surface area contributed by atoms with Crippen molar-refractivity contribution in [1.29, 1.82) is 0 Å². The molecule has 0 bridgehead atoms. The van der Waals surface area contributed by atoms with Gasteiger partial charge in [0.05, 0.1) is 38.2 Å². The van der Waals surface area contributed by atoms with Crippen LogP contribution in [0.15, 0.2) is 37.2 Å². The van der Waals surface area contributed by atoms with E-state index in [0.29, 0.717) is 68.3 Å². The molecule has 1 N–H and O–H groups in total. The number of esters is 2. The molecule has 0 radical (unpaired) electrons. The van der Waals surface area contributed by atoms with E-state index >= 15 is 0 Å². The number of ketones is 1. The molecule has 58 heavy (non-hydrogen) atoms. The SMILES string of the molecule is CCCCCC(=O)c1ncncc1/C=C/[C@H]1OC(C)(C)O[C@H]1CCCC(=O)OC.CCCCC[C@@H](O)c1ncncc1/C=C/[C@H]1OC(C)(C)O[C@H]1CCCC(=O)OC. The van der Waals surface area contributed by atoms with Crippen LogP contribution in [-0.4, -0.2) is 93.0 Å². The summed E-state index contributed by atoms with van der Waals surface area (Å²) >= 11 is 0. The molecule has 0 aliphatic carbocycles. The molecule has 2 aliphatic heterocycles. The summed E-state index contributed by atoms with van der Waals surface area (Å²) in [5.41, 5.74) is 2.52. The number of carbonyl (C=O) groups is 3. The summed E-state index contributed by atoms with van der Waals surface area (Å²) in [7, 11) is 2.78. The fourth-order valence-electron chi connectivity index (χ4n) is 6.83. The van der Waals surface area contributed by atoms with Gasteiger partial charge in [-0.25, -0.2) is 19.9 Å². The Morgan fingerprint density at radius 3 is 1.74 bits per heavy atom. The zero-order chi connectivity index (χ0) is 42.6. The lowest BCUT2D eigenvalue weighted by Gasteiger charge is -2.16. The summed E-state index contributed by atoms with van der Waals surface area (Å²) in [6, 6.07) is 0. The number of Topliss-reactive ketones (excluding diaryl/α,β-unsaturated/α-hetero) is 1. The molecule has 2 fully saturated rings. The van der Waals surface area contributed by atoms with Crippen LogP contribution in [0, 0.1) is 0 Å². The minimum atomic E-state index is -0.711. The van der Waals surface area contributed by atoms with Crippen LogP contribution in [0.25, 0.3) is 12.2 Å². The second kappa shape index (κ2) is 24.9. The minimum absolute atomic E-state index is 0.0269.